The van der Waals surface area contributed by atoms with E-state index in [1.807, 2.05) is 24.4 Å². The van der Waals surface area contributed by atoms with E-state index in [1.54, 1.807) is 11.3 Å². The summed E-state index contributed by atoms with van der Waals surface area (Å²) >= 11 is 1.59. The molecule has 2 aromatic heterocycles. The third-order valence-electron chi connectivity index (χ3n) is 3.23. The Hall–Kier alpha value is -1.73. The Morgan fingerprint density at radius 1 is 1.60 bits per heavy atom. The van der Waals surface area contributed by atoms with Crippen molar-refractivity contribution in [1.29, 1.82) is 0 Å². The number of carbonyl (C=O) groups is 1. The highest BCUT2D eigenvalue weighted by Crippen LogP contribution is 2.28. The molecule has 20 heavy (non-hydrogen) atoms. The minimum Gasteiger partial charge on any atom is -0.355 e. The van der Waals surface area contributed by atoms with E-state index in [0.29, 0.717) is 24.8 Å². The standard InChI is InChI=1S/C13H16N4O2S/c1-2-14-11(18)8-17-6-9(7-17)13-15-12(16-19-13)10-4-3-5-20-10/h3-5,9H,2,6-8H2,1H3,(H,14,18). The van der Waals surface area contributed by atoms with Gasteiger partial charge in [0.2, 0.25) is 17.6 Å². The lowest BCUT2D eigenvalue weighted by Gasteiger charge is -2.36. The molecule has 1 amide bonds. The van der Waals surface area contributed by atoms with Gasteiger partial charge in [-0.3, -0.25) is 9.69 Å². The van der Waals surface area contributed by atoms with Gasteiger partial charge in [0.05, 0.1) is 17.3 Å². The Bertz CT molecular complexity index is 575. The second kappa shape index (κ2) is 5.72. The average Bonchev–Trinajstić information content (AvgIpc) is 3.03. The van der Waals surface area contributed by atoms with Gasteiger partial charge in [0.1, 0.15) is 0 Å². The van der Waals surface area contributed by atoms with Gasteiger partial charge in [-0.05, 0) is 18.4 Å². The summed E-state index contributed by atoms with van der Waals surface area (Å²) < 4.78 is 5.31. The molecule has 0 radical (unpaired) electrons. The third kappa shape index (κ3) is 2.73. The predicted octanol–water partition coefficient (Wildman–Crippen LogP) is 1.33. The summed E-state index contributed by atoms with van der Waals surface area (Å²) in [7, 11) is 0. The molecule has 1 saturated heterocycles. The first-order valence-corrected chi connectivity index (χ1v) is 7.50. The minimum atomic E-state index is 0.0655. The Morgan fingerprint density at radius 3 is 3.15 bits per heavy atom. The van der Waals surface area contributed by atoms with Crippen LogP contribution in [0.15, 0.2) is 22.0 Å². The Balaban J connectivity index is 1.54. The van der Waals surface area contributed by atoms with E-state index in [2.05, 4.69) is 20.4 Å². The van der Waals surface area contributed by atoms with Crippen molar-refractivity contribution in [2.24, 2.45) is 0 Å². The minimum absolute atomic E-state index is 0.0655. The van der Waals surface area contributed by atoms with Crippen LogP contribution in [0.4, 0.5) is 0 Å². The third-order valence-corrected chi connectivity index (χ3v) is 4.10. The maximum absolute atomic E-state index is 11.4. The molecular weight excluding hydrogens is 276 g/mol. The fraction of sp³-hybridized carbons (Fsp3) is 0.462. The molecule has 0 aromatic carbocycles. The van der Waals surface area contributed by atoms with E-state index in [0.717, 1.165) is 18.0 Å². The van der Waals surface area contributed by atoms with Gasteiger partial charge in [-0.25, -0.2) is 0 Å². The van der Waals surface area contributed by atoms with Crippen molar-refractivity contribution in [2.75, 3.05) is 26.2 Å². The van der Waals surface area contributed by atoms with E-state index in [-0.39, 0.29) is 11.8 Å². The van der Waals surface area contributed by atoms with Gasteiger partial charge in [0, 0.05) is 19.6 Å². The normalized spacial score (nSPS) is 16.1. The van der Waals surface area contributed by atoms with Crippen molar-refractivity contribution in [3.8, 4) is 10.7 Å². The lowest BCUT2D eigenvalue weighted by atomic mass is 10.0. The number of nitrogens with zero attached hydrogens (tertiary/aromatic N) is 3. The smallest absolute Gasteiger partial charge is 0.234 e. The van der Waals surface area contributed by atoms with Gasteiger partial charge in [-0.2, -0.15) is 4.98 Å². The van der Waals surface area contributed by atoms with Gasteiger partial charge >= 0.3 is 0 Å². The molecule has 0 atom stereocenters. The average molecular weight is 292 g/mol. The second-order valence-corrected chi connectivity index (χ2v) is 5.73. The molecule has 3 heterocycles. The Labute approximate surface area is 120 Å². The first kappa shape index (κ1) is 13.3. The summed E-state index contributed by atoms with van der Waals surface area (Å²) in [6, 6.07) is 3.94. The predicted molar refractivity (Wildman–Crippen MR) is 75.5 cm³/mol. The fourth-order valence-corrected chi connectivity index (χ4v) is 2.87. The largest absolute Gasteiger partial charge is 0.355 e. The maximum Gasteiger partial charge on any atom is 0.234 e. The molecule has 7 heteroatoms. The number of hydrogen-bond donors (Lipinski definition) is 1. The van der Waals surface area contributed by atoms with Crippen molar-refractivity contribution in [3.63, 3.8) is 0 Å². The summed E-state index contributed by atoms with van der Waals surface area (Å²) in [4.78, 5) is 19.0. The van der Waals surface area contributed by atoms with Crippen molar-refractivity contribution < 1.29 is 9.32 Å². The molecule has 106 valence electrons. The van der Waals surface area contributed by atoms with Crippen LogP contribution in [0.5, 0.6) is 0 Å². The zero-order valence-corrected chi connectivity index (χ0v) is 12.0. The molecule has 1 aliphatic heterocycles. The van der Waals surface area contributed by atoms with E-state index >= 15 is 0 Å². The highest BCUT2D eigenvalue weighted by Gasteiger charge is 2.33. The number of likely N-dealkylation sites (tertiary alicyclic amines) is 1. The van der Waals surface area contributed by atoms with Crippen molar-refractivity contribution in [1.82, 2.24) is 20.4 Å². The van der Waals surface area contributed by atoms with E-state index in [4.69, 9.17) is 4.52 Å². The van der Waals surface area contributed by atoms with Crippen LogP contribution in [0.2, 0.25) is 0 Å². The number of aromatic nitrogens is 2. The quantitative estimate of drug-likeness (QED) is 0.900. The lowest BCUT2D eigenvalue weighted by molar-refractivity contribution is -0.123. The zero-order valence-electron chi connectivity index (χ0n) is 11.2. The number of hydrogen-bond acceptors (Lipinski definition) is 6. The Kier molecular flexibility index (Phi) is 3.79. The van der Waals surface area contributed by atoms with Gasteiger partial charge in [-0.1, -0.05) is 11.2 Å². The van der Waals surface area contributed by atoms with Crippen molar-refractivity contribution >= 4 is 17.2 Å². The van der Waals surface area contributed by atoms with Gasteiger partial charge in [0.25, 0.3) is 0 Å². The first-order valence-electron chi connectivity index (χ1n) is 6.62. The molecule has 1 aliphatic rings. The molecule has 2 aromatic rings. The highest BCUT2D eigenvalue weighted by molar-refractivity contribution is 7.13. The summed E-state index contributed by atoms with van der Waals surface area (Å²) in [6.07, 6.45) is 0. The van der Waals surface area contributed by atoms with Crippen LogP contribution in [0.3, 0.4) is 0 Å². The summed E-state index contributed by atoms with van der Waals surface area (Å²) in [5, 5.41) is 8.78. The number of rotatable bonds is 5. The molecule has 1 N–H and O–H groups in total. The molecular formula is C13H16N4O2S. The van der Waals surface area contributed by atoms with Crippen LogP contribution >= 0.6 is 11.3 Å². The van der Waals surface area contributed by atoms with Crippen LogP contribution in [0.25, 0.3) is 10.7 Å². The summed E-state index contributed by atoms with van der Waals surface area (Å²) in [6.45, 7) is 4.62. The Morgan fingerprint density at radius 2 is 2.45 bits per heavy atom. The summed E-state index contributed by atoms with van der Waals surface area (Å²) in [5.41, 5.74) is 0. The van der Waals surface area contributed by atoms with Crippen LogP contribution in [0.1, 0.15) is 18.7 Å². The number of thiophene rings is 1. The van der Waals surface area contributed by atoms with Gasteiger partial charge in [-0.15, -0.1) is 11.3 Å². The van der Waals surface area contributed by atoms with Crippen LogP contribution in [-0.2, 0) is 4.79 Å². The van der Waals surface area contributed by atoms with Crippen LogP contribution < -0.4 is 5.32 Å². The second-order valence-electron chi connectivity index (χ2n) is 4.78. The first-order chi connectivity index (χ1) is 9.76. The number of amides is 1. The van der Waals surface area contributed by atoms with Crippen molar-refractivity contribution in [2.45, 2.75) is 12.8 Å². The van der Waals surface area contributed by atoms with E-state index in [9.17, 15) is 4.79 Å². The monoisotopic (exact) mass is 292 g/mol. The van der Waals surface area contributed by atoms with Gasteiger partial charge in [0.15, 0.2) is 0 Å². The fourth-order valence-electron chi connectivity index (χ4n) is 2.22. The SMILES string of the molecule is CCNC(=O)CN1CC(c2nc(-c3cccs3)no2)C1. The topological polar surface area (TPSA) is 71.3 Å². The summed E-state index contributed by atoms with van der Waals surface area (Å²) in [5.74, 6) is 1.62. The molecule has 3 rings (SSSR count). The molecule has 0 aliphatic carbocycles. The zero-order chi connectivity index (χ0) is 13.9. The number of likely N-dealkylation sites (N-methyl/N-ethyl adjacent to an activating group) is 1. The maximum atomic E-state index is 11.4. The molecule has 1 fully saturated rings. The van der Waals surface area contributed by atoms with E-state index in [1.165, 1.54) is 0 Å². The molecule has 0 bridgehead atoms. The number of carbonyl (C=O) groups excluding carboxylic acids is 1. The molecule has 0 unspecified atom stereocenters. The van der Waals surface area contributed by atoms with Gasteiger partial charge < -0.3 is 9.84 Å². The van der Waals surface area contributed by atoms with Crippen LogP contribution in [-0.4, -0.2) is 47.1 Å². The number of nitrogens with one attached hydrogen (secondary N) is 1. The van der Waals surface area contributed by atoms with E-state index < -0.39 is 0 Å². The molecule has 0 saturated carbocycles. The highest BCUT2D eigenvalue weighted by atomic mass is 32.1. The van der Waals surface area contributed by atoms with Crippen molar-refractivity contribution in [3.05, 3.63) is 23.4 Å². The lowest BCUT2D eigenvalue weighted by Crippen LogP contribution is -2.49. The van der Waals surface area contributed by atoms with Crippen LogP contribution in [0, 0.1) is 0 Å². The molecule has 6 nitrogen and oxygen atoms in total. The molecule has 0 spiro atoms.